The first kappa shape index (κ1) is 16.3. The lowest BCUT2D eigenvalue weighted by Crippen LogP contribution is -1.94. The monoisotopic (exact) mass is 373 g/mol. The Hall–Kier alpha value is -3.87. The molecule has 0 amide bonds. The molecule has 7 nitrogen and oxygen atoms in total. The Bertz CT molecular complexity index is 1170. The van der Waals surface area contributed by atoms with Gasteiger partial charge < -0.3 is 18.7 Å². The minimum absolute atomic E-state index is 0.0729. The highest BCUT2D eigenvalue weighted by Gasteiger charge is 2.16. The van der Waals surface area contributed by atoms with E-state index >= 15 is 0 Å². The molecule has 5 rings (SSSR count). The van der Waals surface area contributed by atoms with E-state index in [0.717, 1.165) is 21.9 Å². The fraction of sp³-hybridized carbons (Fsp3) is 0.0952. The van der Waals surface area contributed by atoms with Crippen LogP contribution < -0.4 is 9.47 Å². The SMILES string of the molecule is C(=N\OCc1nnc(-c2ccc3ccccc3c2)o1)/c1cccc2c1OCO2. The van der Waals surface area contributed by atoms with E-state index in [9.17, 15) is 0 Å². The summed E-state index contributed by atoms with van der Waals surface area (Å²) in [6.07, 6.45) is 1.56. The van der Waals surface area contributed by atoms with Crippen LogP contribution in [-0.2, 0) is 11.4 Å². The highest BCUT2D eigenvalue weighted by Crippen LogP contribution is 2.34. The van der Waals surface area contributed by atoms with Gasteiger partial charge in [0.2, 0.25) is 12.7 Å². The normalized spacial score (nSPS) is 12.7. The minimum Gasteiger partial charge on any atom is -0.454 e. The van der Waals surface area contributed by atoms with Gasteiger partial charge in [0.25, 0.3) is 5.89 Å². The van der Waals surface area contributed by atoms with E-state index in [1.165, 1.54) is 0 Å². The van der Waals surface area contributed by atoms with Crippen LogP contribution in [0.3, 0.4) is 0 Å². The van der Waals surface area contributed by atoms with E-state index in [-0.39, 0.29) is 13.4 Å². The first-order valence-electron chi connectivity index (χ1n) is 8.72. The van der Waals surface area contributed by atoms with Crippen molar-refractivity contribution in [3.63, 3.8) is 0 Å². The number of nitrogens with zero attached hydrogens (tertiary/aromatic N) is 3. The third kappa shape index (κ3) is 3.14. The number of hydrogen-bond acceptors (Lipinski definition) is 7. The van der Waals surface area contributed by atoms with Crippen molar-refractivity contribution in [2.75, 3.05) is 6.79 Å². The molecule has 0 aliphatic carbocycles. The largest absolute Gasteiger partial charge is 0.454 e. The molecule has 0 spiro atoms. The summed E-state index contributed by atoms with van der Waals surface area (Å²) in [5, 5.41) is 14.3. The Morgan fingerprint density at radius 2 is 1.89 bits per heavy atom. The summed E-state index contributed by atoms with van der Waals surface area (Å²) in [5.41, 5.74) is 1.63. The van der Waals surface area contributed by atoms with E-state index in [2.05, 4.69) is 21.4 Å². The van der Waals surface area contributed by atoms with E-state index < -0.39 is 0 Å². The number of aromatic nitrogens is 2. The second-order valence-corrected chi connectivity index (χ2v) is 6.15. The van der Waals surface area contributed by atoms with Gasteiger partial charge in [-0.2, -0.15) is 0 Å². The van der Waals surface area contributed by atoms with Gasteiger partial charge in [0, 0.05) is 11.1 Å². The molecule has 0 radical (unpaired) electrons. The molecule has 4 aromatic rings. The van der Waals surface area contributed by atoms with Crippen LogP contribution in [-0.4, -0.2) is 23.2 Å². The Labute approximate surface area is 160 Å². The Balaban J connectivity index is 1.26. The molecule has 0 N–H and O–H groups in total. The molecule has 0 fully saturated rings. The zero-order valence-corrected chi connectivity index (χ0v) is 14.7. The average Bonchev–Trinajstić information content (AvgIpc) is 3.41. The van der Waals surface area contributed by atoms with Crippen molar-refractivity contribution in [1.82, 2.24) is 10.2 Å². The lowest BCUT2D eigenvalue weighted by Gasteiger charge is -2.00. The lowest BCUT2D eigenvalue weighted by molar-refractivity contribution is 0.112. The summed E-state index contributed by atoms with van der Waals surface area (Å²) in [7, 11) is 0. The van der Waals surface area contributed by atoms with Crippen LogP contribution in [0.15, 0.2) is 70.2 Å². The van der Waals surface area contributed by atoms with Crippen LogP contribution in [0.4, 0.5) is 0 Å². The maximum atomic E-state index is 5.68. The molecule has 28 heavy (non-hydrogen) atoms. The third-order valence-corrected chi connectivity index (χ3v) is 4.34. The van der Waals surface area contributed by atoms with Gasteiger partial charge in [-0.3, -0.25) is 0 Å². The summed E-state index contributed by atoms with van der Waals surface area (Å²) in [6.45, 7) is 0.282. The van der Waals surface area contributed by atoms with Gasteiger partial charge in [-0.25, -0.2) is 0 Å². The van der Waals surface area contributed by atoms with Crippen LogP contribution >= 0.6 is 0 Å². The Morgan fingerprint density at radius 3 is 2.86 bits per heavy atom. The zero-order chi connectivity index (χ0) is 18.8. The van der Waals surface area contributed by atoms with E-state index in [1.54, 1.807) is 6.21 Å². The molecular formula is C21H15N3O4. The molecular weight excluding hydrogens is 358 g/mol. The number of hydrogen-bond donors (Lipinski definition) is 0. The van der Waals surface area contributed by atoms with Crippen molar-refractivity contribution in [3.05, 3.63) is 72.1 Å². The maximum Gasteiger partial charge on any atom is 0.257 e. The molecule has 7 heteroatoms. The molecule has 0 unspecified atom stereocenters. The first-order chi connectivity index (χ1) is 13.9. The summed E-state index contributed by atoms with van der Waals surface area (Å²) >= 11 is 0. The first-order valence-corrected chi connectivity index (χ1v) is 8.72. The standard InChI is InChI=1S/C21H15N3O4/c1-2-5-15-10-16(9-8-14(15)4-1)21-24-23-19(28-21)12-27-22-11-17-6-3-7-18-20(17)26-13-25-18/h1-11H,12-13H2/b22-11+. The molecule has 0 saturated heterocycles. The van der Waals surface area contributed by atoms with Crippen LogP contribution in [0.1, 0.15) is 11.5 Å². The van der Waals surface area contributed by atoms with E-state index in [1.807, 2.05) is 54.6 Å². The lowest BCUT2D eigenvalue weighted by atomic mass is 10.1. The number of rotatable bonds is 5. The van der Waals surface area contributed by atoms with Crippen molar-refractivity contribution >= 4 is 17.0 Å². The summed E-state index contributed by atoms with van der Waals surface area (Å²) in [5.74, 6) is 2.14. The second kappa shape index (κ2) is 7.03. The summed E-state index contributed by atoms with van der Waals surface area (Å²) < 4.78 is 16.4. The van der Waals surface area contributed by atoms with Gasteiger partial charge in [0.1, 0.15) is 0 Å². The van der Waals surface area contributed by atoms with E-state index in [4.69, 9.17) is 18.7 Å². The van der Waals surface area contributed by atoms with Crippen LogP contribution in [0, 0.1) is 0 Å². The third-order valence-electron chi connectivity index (χ3n) is 4.34. The summed E-state index contributed by atoms with van der Waals surface area (Å²) in [6, 6.07) is 19.7. The number of oxime groups is 1. The van der Waals surface area contributed by atoms with Crippen LogP contribution in [0.2, 0.25) is 0 Å². The molecule has 0 saturated carbocycles. The number of benzene rings is 3. The zero-order valence-electron chi connectivity index (χ0n) is 14.7. The molecule has 138 valence electrons. The predicted octanol–water partition coefficient (Wildman–Crippen LogP) is 4.17. The van der Waals surface area contributed by atoms with Gasteiger partial charge in [-0.15, -0.1) is 10.2 Å². The number of ether oxygens (including phenoxy) is 2. The van der Waals surface area contributed by atoms with Gasteiger partial charge in [-0.1, -0.05) is 41.6 Å². The van der Waals surface area contributed by atoms with Gasteiger partial charge in [0.05, 0.1) is 6.21 Å². The van der Waals surface area contributed by atoms with Crippen molar-refractivity contribution in [1.29, 1.82) is 0 Å². The predicted molar refractivity (Wildman–Crippen MR) is 102 cm³/mol. The van der Waals surface area contributed by atoms with Gasteiger partial charge in [-0.05, 0) is 35.0 Å². The summed E-state index contributed by atoms with van der Waals surface area (Å²) in [4.78, 5) is 5.28. The van der Waals surface area contributed by atoms with Crippen LogP contribution in [0.5, 0.6) is 11.5 Å². The minimum atomic E-state index is 0.0729. The van der Waals surface area contributed by atoms with Crippen LogP contribution in [0.25, 0.3) is 22.2 Å². The second-order valence-electron chi connectivity index (χ2n) is 6.15. The average molecular weight is 373 g/mol. The highest BCUT2D eigenvalue weighted by molar-refractivity contribution is 5.86. The molecule has 0 bridgehead atoms. The topological polar surface area (TPSA) is 79.0 Å². The highest BCUT2D eigenvalue weighted by atomic mass is 16.7. The molecule has 2 heterocycles. The van der Waals surface area contributed by atoms with E-state index in [0.29, 0.717) is 23.3 Å². The van der Waals surface area contributed by atoms with Crippen molar-refractivity contribution in [3.8, 4) is 23.0 Å². The Kier molecular flexibility index (Phi) is 4.10. The smallest absolute Gasteiger partial charge is 0.257 e. The van der Waals surface area contributed by atoms with Crippen molar-refractivity contribution < 1.29 is 18.7 Å². The molecule has 1 aromatic heterocycles. The number of fused-ring (bicyclic) bond motifs is 2. The van der Waals surface area contributed by atoms with Crippen molar-refractivity contribution in [2.24, 2.45) is 5.16 Å². The quantitative estimate of drug-likeness (QED) is 0.386. The molecule has 1 aliphatic rings. The molecule has 0 atom stereocenters. The van der Waals surface area contributed by atoms with Gasteiger partial charge >= 0.3 is 0 Å². The van der Waals surface area contributed by atoms with Gasteiger partial charge in [0.15, 0.2) is 18.1 Å². The fourth-order valence-corrected chi connectivity index (χ4v) is 2.99. The maximum absolute atomic E-state index is 5.68. The van der Waals surface area contributed by atoms with Crippen molar-refractivity contribution in [2.45, 2.75) is 6.61 Å². The number of para-hydroxylation sites is 1. The molecule has 3 aromatic carbocycles. The fourth-order valence-electron chi connectivity index (χ4n) is 2.99. The molecule has 1 aliphatic heterocycles. The Morgan fingerprint density at radius 1 is 0.964 bits per heavy atom.